The first-order valence-corrected chi connectivity index (χ1v) is 22.7. The van der Waals surface area contributed by atoms with E-state index in [1.165, 1.54) is 36.4 Å². The van der Waals surface area contributed by atoms with Crippen LogP contribution in [-0.4, -0.2) is 15.0 Å². The minimum absolute atomic E-state index is 0.235. The van der Waals surface area contributed by atoms with Crippen molar-refractivity contribution >= 4 is 0 Å². The van der Waals surface area contributed by atoms with Crippen LogP contribution in [0, 0.1) is 29.1 Å². The van der Waals surface area contributed by atoms with Crippen molar-refractivity contribution in [2.45, 2.75) is 25.7 Å². The van der Waals surface area contributed by atoms with E-state index in [1.54, 1.807) is 36.7 Å². The van der Waals surface area contributed by atoms with E-state index in [-0.39, 0.29) is 16.9 Å². The largest absolute Gasteiger partial charge is 0.256 e. The summed E-state index contributed by atoms with van der Waals surface area (Å²) in [4.78, 5) is 14.0. The van der Waals surface area contributed by atoms with Crippen LogP contribution in [-0.2, 0) is 25.7 Å². The van der Waals surface area contributed by atoms with Crippen LogP contribution in [0.4, 0.5) is 22.0 Å². The van der Waals surface area contributed by atoms with Crippen LogP contribution < -0.4 is 0 Å². The third-order valence-corrected chi connectivity index (χ3v) is 12.4. The zero-order valence-electron chi connectivity index (χ0n) is 37.2. The summed E-state index contributed by atoms with van der Waals surface area (Å²) in [5.74, 6) is -2.93. The highest BCUT2D eigenvalue weighted by Gasteiger charge is 2.18. The molecule has 69 heavy (non-hydrogen) atoms. The fraction of sp³-hybridized carbons (Fsp3) is 0.0656. The molecule has 7 aromatic carbocycles. The second-order valence-electron chi connectivity index (χ2n) is 17.0. The Morgan fingerprint density at radius 2 is 0.739 bits per heavy atom. The van der Waals surface area contributed by atoms with Gasteiger partial charge in [-0.05, 0) is 154 Å². The molecule has 0 fully saturated rings. The molecule has 0 bridgehead atoms. The van der Waals surface area contributed by atoms with Crippen LogP contribution in [0.3, 0.4) is 0 Å². The highest BCUT2D eigenvalue weighted by Crippen LogP contribution is 2.41. The molecule has 0 saturated carbocycles. The van der Waals surface area contributed by atoms with Gasteiger partial charge in [-0.3, -0.25) is 15.0 Å². The monoisotopic (exact) mass is 911 g/mol. The van der Waals surface area contributed by atoms with E-state index in [2.05, 4.69) is 82.8 Å². The summed E-state index contributed by atoms with van der Waals surface area (Å²) in [5, 5.41) is 0. The van der Waals surface area contributed by atoms with Gasteiger partial charge >= 0.3 is 0 Å². The molecule has 3 nitrogen and oxygen atoms in total. The molecule has 10 aromatic rings. The van der Waals surface area contributed by atoms with Gasteiger partial charge in [-0.2, -0.15) is 0 Å². The number of pyridine rings is 3. The molecule has 0 atom stereocenters. The number of nitrogens with zero attached hydrogens (tertiary/aromatic N) is 3. The van der Waals surface area contributed by atoms with E-state index >= 15 is 0 Å². The van der Waals surface area contributed by atoms with Gasteiger partial charge < -0.3 is 0 Å². The molecule has 0 radical (unpaired) electrons. The molecular formula is C61H42F5N3. The summed E-state index contributed by atoms with van der Waals surface area (Å²) in [6.45, 7) is 0. The highest BCUT2D eigenvalue weighted by atomic mass is 19.1. The van der Waals surface area contributed by atoms with Crippen molar-refractivity contribution in [1.29, 1.82) is 0 Å². The van der Waals surface area contributed by atoms with Crippen LogP contribution in [0.1, 0.15) is 22.3 Å². The minimum Gasteiger partial charge on any atom is -0.256 e. The summed E-state index contributed by atoms with van der Waals surface area (Å²) in [6.07, 6.45) is 8.07. The molecule has 8 heteroatoms. The van der Waals surface area contributed by atoms with Gasteiger partial charge in [0.25, 0.3) is 0 Å². The Balaban J connectivity index is 1.01. The lowest BCUT2D eigenvalue weighted by atomic mass is 9.87. The van der Waals surface area contributed by atoms with Gasteiger partial charge in [-0.25, -0.2) is 22.0 Å². The van der Waals surface area contributed by atoms with Crippen LogP contribution in [0.5, 0.6) is 0 Å². The number of aryl methyl sites for hydroxylation is 4. The third-order valence-electron chi connectivity index (χ3n) is 12.4. The van der Waals surface area contributed by atoms with Crippen molar-refractivity contribution in [3.63, 3.8) is 0 Å². The predicted octanol–water partition coefficient (Wildman–Crippen LogP) is 15.8. The molecule has 0 amide bonds. The predicted molar refractivity (Wildman–Crippen MR) is 265 cm³/mol. The molecule has 3 aromatic heterocycles. The lowest BCUT2D eigenvalue weighted by molar-refractivity contribution is 0.584. The summed E-state index contributed by atoms with van der Waals surface area (Å²) < 4.78 is 70.5. The Morgan fingerprint density at radius 3 is 1.29 bits per heavy atom. The molecular weight excluding hydrogens is 870 g/mol. The number of halogens is 5. The van der Waals surface area contributed by atoms with E-state index < -0.39 is 23.3 Å². The maximum absolute atomic E-state index is 14.6. The normalized spacial score (nSPS) is 11.2. The maximum atomic E-state index is 14.6. The average molecular weight is 912 g/mol. The molecule has 0 spiro atoms. The Bertz CT molecular complexity index is 3290. The molecule has 0 aliphatic carbocycles. The lowest BCUT2D eigenvalue weighted by Gasteiger charge is -2.18. The van der Waals surface area contributed by atoms with Gasteiger partial charge in [0.1, 0.15) is 29.1 Å². The molecule has 336 valence electrons. The van der Waals surface area contributed by atoms with Crippen molar-refractivity contribution in [3.05, 3.63) is 258 Å². The standard InChI is InChI=1S/C61H42F5N3/c62-48-22-20-46(21-23-48)61-35-55(45-18-16-44(17-19-45)43-6-2-1-3-7-43)56(38-69-61)52-9-5-4-8-51(52)47-31-41(12-10-39-14-28-59(67-36-39)53-26-24-49(63)33-57(53)65)30-42(32-47)13-11-40-15-29-60(68-37-40)54-27-25-50(64)34-58(54)66/h1-9,14-38H,10-13H2. The van der Waals surface area contributed by atoms with Crippen LogP contribution in [0.15, 0.2) is 207 Å². The fourth-order valence-corrected chi connectivity index (χ4v) is 8.77. The molecule has 3 heterocycles. The molecule has 0 aliphatic heterocycles. The first-order valence-electron chi connectivity index (χ1n) is 22.7. The first kappa shape index (κ1) is 44.5. The lowest BCUT2D eigenvalue weighted by Crippen LogP contribution is -1.99. The van der Waals surface area contributed by atoms with E-state index in [1.807, 2.05) is 48.7 Å². The van der Waals surface area contributed by atoms with Crippen molar-refractivity contribution < 1.29 is 22.0 Å². The number of hydrogen-bond donors (Lipinski definition) is 0. The zero-order chi connectivity index (χ0) is 47.3. The minimum atomic E-state index is -0.666. The van der Waals surface area contributed by atoms with Crippen molar-refractivity contribution in [3.8, 4) is 78.3 Å². The summed E-state index contributed by atoms with van der Waals surface area (Å²) in [6, 6.07) is 56.5. The van der Waals surface area contributed by atoms with E-state index in [4.69, 9.17) is 4.98 Å². The molecule has 0 unspecified atom stereocenters. The quantitative estimate of drug-likeness (QED) is 0.108. The molecule has 0 aliphatic rings. The third kappa shape index (κ3) is 10.2. The van der Waals surface area contributed by atoms with E-state index in [0.717, 1.165) is 90.2 Å². The maximum Gasteiger partial charge on any atom is 0.135 e. The van der Waals surface area contributed by atoms with Gasteiger partial charge in [0.2, 0.25) is 0 Å². The van der Waals surface area contributed by atoms with Gasteiger partial charge in [-0.15, -0.1) is 0 Å². The van der Waals surface area contributed by atoms with Crippen molar-refractivity contribution in [2.75, 3.05) is 0 Å². The van der Waals surface area contributed by atoms with Gasteiger partial charge in [0.15, 0.2) is 0 Å². The number of benzene rings is 7. The van der Waals surface area contributed by atoms with Crippen LogP contribution in [0.25, 0.3) is 78.3 Å². The number of aromatic nitrogens is 3. The Labute approximate surface area is 397 Å². The Morgan fingerprint density at radius 1 is 0.261 bits per heavy atom. The van der Waals surface area contributed by atoms with Crippen LogP contribution >= 0.6 is 0 Å². The summed E-state index contributed by atoms with van der Waals surface area (Å²) >= 11 is 0. The van der Waals surface area contributed by atoms with Crippen molar-refractivity contribution in [1.82, 2.24) is 15.0 Å². The zero-order valence-corrected chi connectivity index (χ0v) is 37.2. The first-order chi connectivity index (χ1) is 33.7. The SMILES string of the molecule is Fc1ccc(-c2cc(-c3ccc(-c4ccccc4)cc3)c(-c3ccccc3-c3cc(CCc4ccc(-c5ccc(F)cc5F)nc4)cc(CCc4ccc(-c5ccc(F)cc5F)nc4)c3)cn2)cc1. The Hall–Kier alpha value is -8.36. The number of rotatable bonds is 13. The second-order valence-corrected chi connectivity index (χ2v) is 17.0. The van der Waals surface area contributed by atoms with Crippen LogP contribution in [0.2, 0.25) is 0 Å². The van der Waals surface area contributed by atoms with E-state index in [9.17, 15) is 22.0 Å². The van der Waals surface area contributed by atoms with Gasteiger partial charge in [0.05, 0.1) is 17.1 Å². The summed E-state index contributed by atoms with van der Waals surface area (Å²) in [7, 11) is 0. The summed E-state index contributed by atoms with van der Waals surface area (Å²) in [5.41, 5.74) is 15.1. The van der Waals surface area contributed by atoms with E-state index in [0.29, 0.717) is 37.1 Å². The molecule has 0 N–H and O–H groups in total. The van der Waals surface area contributed by atoms with Gasteiger partial charge in [0, 0.05) is 53.0 Å². The topological polar surface area (TPSA) is 38.7 Å². The highest BCUT2D eigenvalue weighted by molar-refractivity contribution is 5.93. The Kier molecular flexibility index (Phi) is 12.8. The van der Waals surface area contributed by atoms with Crippen molar-refractivity contribution in [2.24, 2.45) is 0 Å². The van der Waals surface area contributed by atoms with Gasteiger partial charge in [-0.1, -0.05) is 109 Å². The molecule has 0 saturated heterocycles. The number of hydrogen-bond acceptors (Lipinski definition) is 3. The average Bonchev–Trinajstić information content (AvgIpc) is 3.38. The fourth-order valence-electron chi connectivity index (χ4n) is 8.77. The smallest absolute Gasteiger partial charge is 0.135 e. The second kappa shape index (κ2) is 19.9. The molecule has 10 rings (SSSR count).